The van der Waals surface area contributed by atoms with Crippen LogP contribution < -0.4 is 10.1 Å². The highest BCUT2D eigenvalue weighted by atomic mass is 16.6. The van der Waals surface area contributed by atoms with E-state index in [0.29, 0.717) is 11.3 Å². The van der Waals surface area contributed by atoms with E-state index >= 15 is 0 Å². The van der Waals surface area contributed by atoms with Crippen LogP contribution in [0.5, 0.6) is 5.75 Å². The molecule has 0 aliphatic heterocycles. The standard InChI is InChI=1S/C26H25NO4/c1-18(26(29)21-11-10-19-6-5-7-20(19)16-21)31-25(28)17-30-24-14-12-23(13-15-24)27-22-8-3-2-4-9-22/h2-4,8-16,18,27H,5-7,17H2,1H3/t18-/m0/s1. The normalized spacial score (nSPS) is 13.2. The first-order valence-electron chi connectivity index (χ1n) is 10.5. The fourth-order valence-corrected chi connectivity index (χ4v) is 3.71. The Labute approximate surface area is 182 Å². The number of esters is 1. The summed E-state index contributed by atoms with van der Waals surface area (Å²) in [5.41, 5.74) is 5.01. The Morgan fingerprint density at radius 1 is 0.903 bits per heavy atom. The maximum absolute atomic E-state index is 12.6. The van der Waals surface area contributed by atoms with E-state index in [4.69, 9.17) is 9.47 Å². The van der Waals surface area contributed by atoms with Crippen LogP contribution in [0.25, 0.3) is 0 Å². The third-order valence-corrected chi connectivity index (χ3v) is 5.33. The fourth-order valence-electron chi connectivity index (χ4n) is 3.71. The van der Waals surface area contributed by atoms with Crippen LogP contribution in [0.1, 0.15) is 34.8 Å². The van der Waals surface area contributed by atoms with Crippen LogP contribution in [0.15, 0.2) is 72.8 Å². The molecule has 0 unspecified atom stereocenters. The lowest BCUT2D eigenvalue weighted by molar-refractivity contribution is -0.148. The number of carbonyl (C=O) groups is 2. The summed E-state index contributed by atoms with van der Waals surface area (Å²) >= 11 is 0. The highest BCUT2D eigenvalue weighted by Gasteiger charge is 2.21. The third-order valence-electron chi connectivity index (χ3n) is 5.33. The number of para-hydroxylation sites is 1. The second-order valence-electron chi connectivity index (χ2n) is 7.64. The second-order valence-corrected chi connectivity index (χ2v) is 7.64. The van der Waals surface area contributed by atoms with Gasteiger partial charge in [-0.25, -0.2) is 4.79 Å². The van der Waals surface area contributed by atoms with Crippen molar-refractivity contribution in [1.29, 1.82) is 0 Å². The number of fused-ring (bicyclic) bond motifs is 1. The molecule has 1 atom stereocenters. The lowest BCUT2D eigenvalue weighted by atomic mass is 10.0. The maximum atomic E-state index is 12.6. The molecule has 0 fully saturated rings. The number of hydrogen-bond acceptors (Lipinski definition) is 5. The van der Waals surface area contributed by atoms with Crippen molar-refractivity contribution in [3.05, 3.63) is 89.5 Å². The van der Waals surface area contributed by atoms with Gasteiger partial charge in [0.25, 0.3) is 0 Å². The molecule has 3 aromatic carbocycles. The van der Waals surface area contributed by atoms with Gasteiger partial charge in [0.1, 0.15) is 5.75 Å². The van der Waals surface area contributed by atoms with Crippen molar-refractivity contribution in [2.24, 2.45) is 0 Å². The Morgan fingerprint density at radius 2 is 1.61 bits per heavy atom. The minimum absolute atomic E-state index is 0.195. The van der Waals surface area contributed by atoms with Gasteiger partial charge < -0.3 is 14.8 Å². The summed E-state index contributed by atoms with van der Waals surface area (Å²) in [7, 11) is 0. The first kappa shape index (κ1) is 20.7. The van der Waals surface area contributed by atoms with E-state index < -0.39 is 12.1 Å². The molecule has 1 N–H and O–H groups in total. The zero-order chi connectivity index (χ0) is 21.6. The van der Waals surface area contributed by atoms with Crippen molar-refractivity contribution in [2.45, 2.75) is 32.3 Å². The predicted molar refractivity (Wildman–Crippen MR) is 120 cm³/mol. The highest BCUT2D eigenvalue weighted by molar-refractivity contribution is 6.00. The zero-order valence-electron chi connectivity index (χ0n) is 17.5. The molecular formula is C26H25NO4. The van der Waals surface area contributed by atoms with E-state index in [1.807, 2.05) is 60.7 Å². The van der Waals surface area contributed by atoms with Crippen molar-refractivity contribution in [3.8, 4) is 5.75 Å². The SMILES string of the molecule is C[C@H](OC(=O)COc1ccc(Nc2ccccc2)cc1)C(=O)c1ccc2c(c1)CCC2. The van der Waals surface area contributed by atoms with E-state index in [1.165, 1.54) is 11.1 Å². The molecule has 0 bridgehead atoms. The molecule has 158 valence electrons. The molecule has 1 aliphatic rings. The minimum atomic E-state index is -0.854. The number of ether oxygens (including phenoxy) is 2. The molecule has 0 aromatic heterocycles. The molecule has 0 radical (unpaired) electrons. The Bertz CT molecular complexity index is 1060. The summed E-state index contributed by atoms with van der Waals surface area (Å²) in [5, 5.41) is 3.28. The molecule has 3 aromatic rings. The smallest absolute Gasteiger partial charge is 0.344 e. The number of anilines is 2. The summed E-state index contributed by atoms with van der Waals surface area (Å²) in [6.07, 6.45) is 2.33. The first-order chi connectivity index (χ1) is 15.1. The van der Waals surface area contributed by atoms with Crippen LogP contribution in [0.3, 0.4) is 0 Å². The van der Waals surface area contributed by atoms with Crippen molar-refractivity contribution >= 4 is 23.1 Å². The van der Waals surface area contributed by atoms with Crippen molar-refractivity contribution in [2.75, 3.05) is 11.9 Å². The van der Waals surface area contributed by atoms with Crippen LogP contribution in [0.4, 0.5) is 11.4 Å². The molecule has 0 heterocycles. The number of Topliss-reactive ketones (excluding diaryl/α,β-unsaturated/α-hetero) is 1. The van der Waals surface area contributed by atoms with Gasteiger partial charge in [-0.15, -0.1) is 0 Å². The number of rotatable bonds is 8. The maximum Gasteiger partial charge on any atom is 0.344 e. The summed E-state index contributed by atoms with van der Waals surface area (Å²) in [6, 6.07) is 22.9. The van der Waals surface area contributed by atoms with Gasteiger partial charge in [0, 0.05) is 16.9 Å². The number of ketones is 1. The molecule has 0 spiro atoms. The van der Waals surface area contributed by atoms with Crippen LogP contribution in [-0.2, 0) is 22.4 Å². The molecule has 1 aliphatic carbocycles. The second kappa shape index (κ2) is 9.47. The van der Waals surface area contributed by atoms with Crippen LogP contribution >= 0.6 is 0 Å². The van der Waals surface area contributed by atoms with Gasteiger partial charge >= 0.3 is 5.97 Å². The fraction of sp³-hybridized carbons (Fsp3) is 0.231. The van der Waals surface area contributed by atoms with Gasteiger partial charge in [-0.1, -0.05) is 30.3 Å². The largest absolute Gasteiger partial charge is 0.482 e. The number of hydrogen-bond donors (Lipinski definition) is 1. The zero-order valence-corrected chi connectivity index (χ0v) is 17.5. The molecule has 0 amide bonds. The van der Waals surface area contributed by atoms with Crippen LogP contribution in [0.2, 0.25) is 0 Å². The summed E-state index contributed by atoms with van der Waals surface area (Å²) in [6.45, 7) is 1.34. The lowest BCUT2D eigenvalue weighted by Gasteiger charge is -2.14. The minimum Gasteiger partial charge on any atom is -0.482 e. The van der Waals surface area contributed by atoms with Crippen LogP contribution in [0, 0.1) is 0 Å². The van der Waals surface area contributed by atoms with E-state index in [9.17, 15) is 9.59 Å². The quantitative estimate of drug-likeness (QED) is 0.409. The molecule has 0 saturated carbocycles. The molecule has 4 rings (SSSR count). The molecular weight excluding hydrogens is 390 g/mol. The number of aryl methyl sites for hydroxylation is 2. The molecule has 31 heavy (non-hydrogen) atoms. The van der Waals surface area contributed by atoms with Crippen molar-refractivity contribution < 1.29 is 19.1 Å². The van der Waals surface area contributed by atoms with Gasteiger partial charge in [-0.2, -0.15) is 0 Å². The lowest BCUT2D eigenvalue weighted by Crippen LogP contribution is -2.27. The number of benzene rings is 3. The Hall–Kier alpha value is -3.60. The van der Waals surface area contributed by atoms with Crippen molar-refractivity contribution in [1.82, 2.24) is 0 Å². The predicted octanol–water partition coefficient (Wildman–Crippen LogP) is 5.11. The van der Waals surface area contributed by atoms with Crippen LogP contribution in [-0.4, -0.2) is 24.5 Å². The van der Waals surface area contributed by atoms with E-state index in [0.717, 1.165) is 30.6 Å². The summed E-state index contributed by atoms with van der Waals surface area (Å²) in [4.78, 5) is 24.8. The Kier molecular flexibility index (Phi) is 6.32. The topological polar surface area (TPSA) is 64.6 Å². The van der Waals surface area contributed by atoms with Gasteiger partial charge in [-0.3, -0.25) is 4.79 Å². The first-order valence-corrected chi connectivity index (χ1v) is 10.5. The average molecular weight is 415 g/mol. The van der Waals surface area contributed by atoms with Gasteiger partial charge in [0.2, 0.25) is 5.78 Å². The van der Waals surface area contributed by atoms with Gasteiger partial charge in [-0.05, 0) is 79.8 Å². The highest BCUT2D eigenvalue weighted by Crippen LogP contribution is 2.24. The summed E-state index contributed by atoms with van der Waals surface area (Å²) in [5.74, 6) is -0.221. The number of carbonyl (C=O) groups excluding carboxylic acids is 2. The Morgan fingerprint density at radius 3 is 2.39 bits per heavy atom. The van der Waals surface area contributed by atoms with Gasteiger partial charge in [0.05, 0.1) is 0 Å². The monoisotopic (exact) mass is 415 g/mol. The van der Waals surface area contributed by atoms with E-state index in [-0.39, 0.29) is 12.4 Å². The summed E-state index contributed by atoms with van der Waals surface area (Å²) < 4.78 is 10.8. The number of nitrogens with one attached hydrogen (secondary N) is 1. The molecule has 5 nitrogen and oxygen atoms in total. The van der Waals surface area contributed by atoms with Crippen molar-refractivity contribution in [3.63, 3.8) is 0 Å². The third kappa shape index (κ3) is 5.31. The average Bonchev–Trinajstić information content (AvgIpc) is 3.27. The van der Waals surface area contributed by atoms with Gasteiger partial charge in [0.15, 0.2) is 12.7 Å². The van der Waals surface area contributed by atoms with E-state index in [1.54, 1.807) is 19.1 Å². The molecule has 0 saturated heterocycles. The van der Waals surface area contributed by atoms with E-state index in [2.05, 4.69) is 5.32 Å². The molecule has 5 heteroatoms. The Balaban J connectivity index is 1.26.